The second kappa shape index (κ2) is 28.5. The Balaban J connectivity index is 1.70. The minimum atomic E-state index is -1.52. The minimum Gasteiger partial charge on any atom is -0.508 e. The molecule has 0 saturated heterocycles. The van der Waals surface area contributed by atoms with Crippen LogP contribution in [-0.4, -0.2) is 139 Å². The van der Waals surface area contributed by atoms with Crippen LogP contribution in [0, 0.1) is 5.92 Å². The van der Waals surface area contributed by atoms with Crippen molar-refractivity contribution in [2.24, 2.45) is 17.4 Å². The molecule has 0 unspecified atom stereocenters. The average molecular weight is 1080 g/mol. The molecular weight excluding hydrogens is 1010 g/mol. The highest BCUT2D eigenvalue weighted by Gasteiger charge is 2.39. The SMILES string of the molecule is CC(C)[C@H](NC(=O)[C@H](CS)NC(=O)[C@@H](Cc1ccc(O)cc1)NC(=O)[C@H](CCCN)NC(=O)[C@@H](Cc1c[nH]c2ccccc12)NC(=O)[C@H](Cc1ccccc1)NC(=O)[C@@H](NC(=O)[C@@H](N)CC(=O)O)C(C)(C)S)C(=O)O. The van der Waals surface area contributed by atoms with Crippen LogP contribution in [0.5, 0.6) is 5.75 Å². The monoisotopic (exact) mass is 1080 g/mol. The van der Waals surface area contributed by atoms with E-state index in [0.717, 1.165) is 5.52 Å². The molecule has 0 spiro atoms. The van der Waals surface area contributed by atoms with E-state index in [1.165, 1.54) is 38.1 Å². The normalized spacial score (nSPS) is 14.6. The number of carboxylic acid groups (broad SMARTS) is 2. The summed E-state index contributed by atoms with van der Waals surface area (Å²) >= 11 is 8.74. The van der Waals surface area contributed by atoms with Gasteiger partial charge >= 0.3 is 11.9 Å². The molecule has 0 bridgehead atoms. The van der Waals surface area contributed by atoms with Crippen LogP contribution in [0.3, 0.4) is 0 Å². The molecule has 15 N–H and O–H groups in total. The Bertz CT molecular complexity index is 2630. The van der Waals surface area contributed by atoms with Crippen LogP contribution in [0.4, 0.5) is 0 Å². The maximum Gasteiger partial charge on any atom is 0.326 e. The number of carbonyl (C=O) groups excluding carboxylic acids is 7. The van der Waals surface area contributed by atoms with Crippen LogP contribution in [0.2, 0.25) is 0 Å². The van der Waals surface area contributed by atoms with Crippen molar-refractivity contribution in [1.29, 1.82) is 0 Å². The number of aromatic amines is 1. The van der Waals surface area contributed by atoms with E-state index in [1.807, 2.05) is 6.07 Å². The van der Waals surface area contributed by atoms with E-state index in [1.54, 1.807) is 68.6 Å². The Morgan fingerprint density at radius 3 is 1.65 bits per heavy atom. The van der Waals surface area contributed by atoms with Crippen molar-refractivity contribution in [1.82, 2.24) is 42.2 Å². The number of nitrogens with two attached hydrogens (primary N) is 2. The van der Waals surface area contributed by atoms with Gasteiger partial charge in [-0.25, -0.2) is 4.79 Å². The molecule has 0 aliphatic heterocycles. The van der Waals surface area contributed by atoms with Crippen molar-refractivity contribution in [2.45, 2.75) is 119 Å². The van der Waals surface area contributed by atoms with Crippen molar-refractivity contribution in [2.75, 3.05) is 12.3 Å². The first-order valence-corrected chi connectivity index (χ1v) is 25.2. The fourth-order valence-corrected chi connectivity index (χ4v) is 8.29. The van der Waals surface area contributed by atoms with E-state index in [9.17, 15) is 58.5 Å². The fraction of sp³-hybridized carbons (Fsp3) is 0.431. The van der Waals surface area contributed by atoms with Gasteiger partial charge in [-0.15, -0.1) is 0 Å². The quantitative estimate of drug-likeness (QED) is 0.0324. The molecule has 0 aliphatic carbocycles. The smallest absolute Gasteiger partial charge is 0.326 e. The van der Waals surface area contributed by atoms with Crippen molar-refractivity contribution >= 4 is 89.4 Å². The van der Waals surface area contributed by atoms with E-state index < -0.39 is 119 Å². The number of aliphatic carboxylic acids is 2. The first-order chi connectivity index (χ1) is 35.4. The van der Waals surface area contributed by atoms with E-state index in [4.69, 9.17) is 11.5 Å². The highest BCUT2D eigenvalue weighted by Crippen LogP contribution is 2.21. The molecule has 24 heteroatoms. The molecule has 75 heavy (non-hydrogen) atoms. The lowest BCUT2D eigenvalue weighted by Crippen LogP contribution is -2.63. The Hall–Kier alpha value is -7.15. The maximum absolute atomic E-state index is 14.8. The second-order valence-electron chi connectivity index (χ2n) is 18.9. The third-order valence-electron chi connectivity index (χ3n) is 12.0. The Morgan fingerprint density at radius 1 is 0.627 bits per heavy atom. The number of amides is 7. The summed E-state index contributed by atoms with van der Waals surface area (Å²) in [6.07, 6.45) is 0.611. The third kappa shape index (κ3) is 18.6. The molecule has 1 aromatic heterocycles. The zero-order chi connectivity index (χ0) is 55.6. The molecule has 8 atom stereocenters. The number of carbonyl (C=O) groups is 9. The van der Waals surface area contributed by atoms with Gasteiger partial charge in [0, 0.05) is 46.9 Å². The number of nitrogens with one attached hydrogen (secondary N) is 8. The molecule has 0 fully saturated rings. The number of phenols is 1. The summed E-state index contributed by atoms with van der Waals surface area (Å²) in [6, 6.07) is 10.3. The summed E-state index contributed by atoms with van der Waals surface area (Å²) in [4.78, 5) is 125. The van der Waals surface area contributed by atoms with Crippen molar-refractivity contribution < 1.29 is 58.5 Å². The number of para-hydroxylation sites is 1. The van der Waals surface area contributed by atoms with Crippen molar-refractivity contribution in [3.05, 3.63) is 102 Å². The molecule has 0 radical (unpaired) electrons. The number of hydrogen-bond donors (Lipinski definition) is 15. The van der Waals surface area contributed by atoms with Gasteiger partial charge in [-0.05, 0) is 74.0 Å². The van der Waals surface area contributed by atoms with Gasteiger partial charge in [-0.1, -0.05) is 74.5 Å². The average Bonchev–Trinajstić information content (AvgIpc) is 3.76. The molecule has 4 aromatic rings. The first kappa shape index (κ1) is 60.4. The molecule has 0 saturated carbocycles. The summed E-state index contributed by atoms with van der Waals surface area (Å²) < 4.78 is -1.29. The molecule has 0 aliphatic rings. The largest absolute Gasteiger partial charge is 0.508 e. The zero-order valence-electron chi connectivity index (χ0n) is 42.0. The van der Waals surface area contributed by atoms with E-state index in [2.05, 4.69) is 67.5 Å². The number of thiol groups is 2. The highest BCUT2D eigenvalue weighted by atomic mass is 32.1. The number of fused-ring (bicyclic) bond motifs is 1. The van der Waals surface area contributed by atoms with Gasteiger partial charge in [-0.2, -0.15) is 25.3 Å². The van der Waals surface area contributed by atoms with Gasteiger partial charge < -0.3 is 69.0 Å². The summed E-state index contributed by atoms with van der Waals surface area (Å²) in [5.74, 6) is -9.59. The van der Waals surface area contributed by atoms with Gasteiger partial charge in [0.15, 0.2) is 0 Å². The zero-order valence-corrected chi connectivity index (χ0v) is 43.8. The number of aromatic nitrogens is 1. The number of hydrogen-bond acceptors (Lipinski definition) is 14. The van der Waals surface area contributed by atoms with Crippen LogP contribution >= 0.6 is 25.3 Å². The fourth-order valence-electron chi connectivity index (χ4n) is 7.86. The molecule has 1 heterocycles. The maximum atomic E-state index is 14.8. The lowest BCUT2D eigenvalue weighted by atomic mass is 9.98. The summed E-state index contributed by atoms with van der Waals surface area (Å²) in [5, 5.41) is 47.8. The van der Waals surface area contributed by atoms with Gasteiger partial charge in [0.25, 0.3) is 0 Å². The molecule has 406 valence electrons. The number of aromatic hydroxyl groups is 1. The molecule has 3 aromatic carbocycles. The minimum absolute atomic E-state index is 0.0573. The van der Waals surface area contributed by atoms with Gasteiger partial charge in [0.1, 0.15) is 48.0 Å². The lowest BCUT2D eigenvalue weighted by molar-refractivity contribution is -0.143. The highest BCUT2D eigenvalue weighted by molar-refractivity contribution is 7.81. The van der Waals surface area contributed by atoms with Crippen LogP contribution in [-0.2, 0) is 62.4 Å². The van der Waals surface area contributed by atoms with Gasteiger partial charge in [-0.3, -0.25) is 38.4 Å². The van der Waals surface area contributed by atoms with Gasteiger partial charge in [0.05, 0.1) is 12.5 Å². The molecule has 7 amide bonds. The Kier molecular flexibility index (Phi) is 23.0. The number of phenolic OH excluding ortho intramolecular Hbond substituents is 1. The lowest BCUT2D eigenvalue weighted by Gasteiger charge is -2.32. The van der Waals surface area contributed by atoms with Crippen LogP contribution in [0.15, 0.2) is 85.1 Å². The van der Waals surface area contributed by atoms with E-state index in [0.29, 0.717) is 22.1 Å². The van der Waals surface area contributed by atoms with Crippen molar-refractivity contribution in [3.8, 4) is 5.75 Å². The van der Waals surface area contributed by atoms with Gasteiger partial charge in [0.2, 0.25) is 41.4 Å². The first-order valence-electron chi connectivity index (χ1n) is 24.1. The van der Waals surface area contributed by atoms with Crippen LogP contribution in [0.1, 0.15) is 63.6 Å². The van der Waals surface area contributed by atoms with E-state index in [-0.39, 0.29) is 50.2 Å². The Labute approximate surface area is 444 Å². The number of benzene rings is 3. The Morgan fingerprint density at radius 2 is 1.12 bits per heavy atom. The summed E-state index contributed by atoms with van der Waals surface area (Å²) in [6.45, 7) is 6.29. The number of carboxylic acids is 2. The summed E-state index contributed by atoms with van der Waals surface area (Å²) in [7, 11) is 0. The van der Waals surface area contributed by atoms with E-state index >= 15 is 0 Å². The molecule has 4 rings (SSSR count). The number of rotatable bonds is 29. The molecular formula is C51H68N10O12S2. The van der Waals surface area contributed by atoms with Crippen LogP contribution < -0.4 is 48.7 Å². The van der Waals surface area contributed by atoms with Crippen molar-refractivity contribution in [3.63, 3.8) is 0 Å². The predicted molar refractivity (Wildman–Crippen MR) is 285 cm³/mol. The topological polar surface area (TPSA) is 366 Å². The third-order valence-corrected chi connectivity index (χ3v) is 12.6. The number of H-pyrrole nitrogens is 1. The van der Waals surface area contributed by atoms with Crippen LogP contribution in [0.25, 0.3) is 10.9 Å². The summed E-state index contributed by atoms with van der Waals surface area (Å²) in [5.41, 5.74) is 14.1. The second-order valence-corrected chi connectivity index (χ2v) is 20.4. The molecule has 22 nitrogen and oxygen atoms in total. The standard InChI is InChI=1S/C51H68N10O12S2/c1-27(2)41(50(72)73)60-48(70)39(26-74)59-46(68)36(22-29-16-18-31(62)19-17-29)56-44(66)35(15-10-20-52)55-47(69)38(23-30-25-54-34-14-9-8-13-32(30)34)57-45(67)37(21-28-11-6-5-7-12-28)58-49(71)42(51(3,4)75)61-43(65)33(53)24-40(63)64/h5-9,11-14,16-19,25,27,33,35-39,41-42,54,62,74-75H,10,15,20-24,26,52-53H2,1-4H3,(H,55,69)(H,56,66)(H,57,67)(H,58,71)(H,59,68)(H,60,70)(H,61,65)(H,63,64)(H,72,73)/t33-,35-,36+,37-,38+,39-,41-,42+/m0/s1. The predicted octanol–water partition coefficient (Wildman–Crippen LogP) is 0.215.